The molecule has 9 aromatic rings. The molecule has 1 heterocycles. The maximum Gasteiger partial charge on any atom is 0.137 e. The first-order valence-corrected chi connectivity index (χ1v) is 20.8. The summed E-state index contributed by atoms with van der Waals surface area (Å²) in [6, 6.07) is 61.8. The van der Waals surface area contributed by atoms with E-state index < -0.39 is 8.07 Å². The molecule has 0 radical (unpaired) electrons. The molecule has 1 aromatic heterocycles. The maximum atomic E-state index is 6.46. The Balaban J connectivity index is 1.35. The van der Waals surface area contributed by atoms with Gasteiger partial charge in [0.05, 0.1) is 13.8 Å². The molecule has 0 aliphatic heterocycles. The van der Waals surface area contributed by atoms with Crippen molar-refractivity contribution in [1.29, 1.82) is 0 Å². The lowest BCUT2D eigenvalue weighted by molar-refractivity contribution is 0.669. The highest BCUT2D eigenvalue weighted by Crippen LogP contribution is 2.47. The van der Waals surface area contributed by atoms with Crippen molar-refractivity contribution in [3.63, 3.8) is 0 Å². The molecule has 0 unspecified atom stereocenters. The average molecular weight is 660 g/mol. The van der Waals surface area contributed by atoms with Gasteiger partial charge in [0.15, 0.2) is 0 Å². The third kappa shape index (κ3) is 5.19. The Morgan fingerprint density at radius 1 is 0.440 bits per heavy atom. The summed E-state index contributed by atoms with van der Waals surface area (Å²) in [6.07, 6.45) is 0. The summed E-state index contributed by atoms with van der Waals surface area (Å²) in [5.41, 5.74) is 9.84. The third-order valence-electron chi connectivity index (χ3n) is 10.0. The van der Waals surface area contributed by atoms with E-state index in [0.29, 0.717) is 0 Å². The number of benzene rings is 8. The fraction of sp³-hybridized carbons (Fsp3) is 0.0638. The van der Waals surface area contributed by atoms with Gasteiger partial charge in [-0.05, 0) is 80.7 Å². The Kier molecular flexibility index (Phi) is 7.18. The lowest BCUT2D eigenvalue weighted by atomic mass is 9.89. The largest absolute Gasteiger partial charge is 0.456 e. The van der Waals surface area contributed by atoms with Crippen LogP contribution in [-0.4, -0.2) is 8.07 Å². The first-order valence-electron chi connectivity index (χ1n) is 17.3. The number of rotatable bonds is 6. The van der Waals surface area contributed by atoms with Crippen molar-refractivity contribution in [2.24, 2.45) is 0 Å². The van der Waals surface area contributed by atoms with Crippen LogP contribution in [-0.2, 0) is 0 Å². The number of furan rings is 1. The molecule has 0 N–H and O–H groups in total. The smallest absolute Gasteiger partial charge is 0.137 e. The second-order valence-electron chi connectivity index (χ2n) is 14.2. The molecule has 0 fully saturated rings. The molecule has 240 valence electrons. The van der Waals surface area contributed by atoms with E-state index in [9.17, 15) is 0 Å². The summed E-state index contributed by atoms with van der Waals surface area (Å²) < 4.78 is 6.46. The molecule has 9 rings (SSSR count). The number of hydrogen-bond acceptors (Lipinski definition) is 2. The molecule has 2 nitrogen and oxygen atoms in total. The molecule has 0 amide bonds. The molecule has 3 heteroatoms. The van der Waals surface area contributed by atoms with Crippen molar-refractivity contribution in [3.8, 4) is 22.3 Å². The van der Waals surface area contributed by atoms with Crippen molar-refractivity contribution in [3.05, 3.63) is 170 Å². The summed E-state index contributed by atoms with van der Waals surface area (Å²) in [4.78, 5) is 2.42. The number of fused-ring (bicyclic) bond motifs is 5. The first-order chi connectivity index (χ1) is 24.4. The van der Waals surface area contributed by atoms with Gasteiger partial charge in [0.2, 0.25) is 0 Å². The summed E-state index contributed by atoms with van der Waals surface area (Å²) in [7, 11) is -1.51. The highest BCUT2D eigenvalue weighted by atomic mass is 28.3. The second kappa shape index (κ2) is 11.9. The zero-order valence-electron chi connectivity index (χ0n) is 28.5. The van der Waals surface area contributed by atoms with Crippen LogP contribution in [0.1, 0.15) is 0 Å². The molecule has 0 atom stereocenters. The fourth-order valence-electron chi connectivity index (χ4n) is 7.45. The number of hydrogen-bond donors (Lipinski definition) is 0. The lowest BCUT2D eigenvalue weighted by Crippen LogP contribution is -2.37. The molecule has 0 aliphatic carbocycles. The predicted octanol–water partition coefficient (Wildman–Crippen LogP) is 13.2. The second-order valence-corrected chi connectivity index (χ2v) is 19.3. The Bertz CT molecular complexity index is 2690. The van der Waals surface area contributed by atoms with Gasteiger partial charge in [-0.15, -0.1) is 0 Å². The molecule has 8 aromatic carbocycles. The van der Waals surface area contributed by atoms with Crippen LogP contribution in [0.5, 0.6) is 0 Å². The van der Waals surface area contributed by atoms with Crippen molar-refractivity contribution < 1.29 is 4.42 Å². The van der Waals surface area contributed by atoms with Crippen molar-refractivity contribution in [2.45, 2.75) is 19.6 Å². The van der Waals surface area contributed by atoms with Crippen LogP contribution in [0.15, 0.2) is 174 Å². The van der Waals surface area contributed by atoms with Gasteiger partial charge in [0, 0.05) is 33.8 Å². The van der Waals surface area contributed by atoms with E-state index >= 15 is 0 Å². The van der Waals surface area contributed by atoms with Crippen LogP contribution in [0.2, 0.25) is 19.6 Å². The Labute approximate surface area is 293 Å². The summed E-state index contributed by atoms with van der Waals surface area (Å²) in [6.45, 7) is 7.21. The molecular weight excluding hydrogens is 623 g/mol. The van der Waals surface area contributed by atoms with E-state index in [4.69, 9.17) is 4.42 Å². The van der Waals surface area contributed by atoms with Crippen LogP contribution in [0.4, 0.5) is 17.1 Å². The van der Waals surface area contributed by atoms with Crippen LogP contribution in [0, 0.1) is 0 Å². The Morgan fingerprint density at radius 3 is 1.90 bits per heavy atom. The van der Waals surface area contributed by atoms with E-state index in [1.165, 1.54) is 49.0 Å². The van der Waals surface area contributed by atoms with Gasteiger partial charge in [-0.25, -0.2) is 0 Å². The SMILES string of the molecule is C[Si](C)(C)c1ccc(N(c2ccc3c(c2)oc2ccccc23)c2cccc(-c3cccc4ccccc34)c2-c2ccc3ccccc3c2)cc1. The molecule has 0 saturated heterocycles. The lowest BCUT2D eigenvalue weighted by Gasteiger charge is -2.30. The summed E-state index contributed by atoms with van der Waals surface area (Å²) >= 11 is 0. The minimum Gasteiger partial charge on any atom is -0.456 e. The first kappa shape index (κ1) is 30.2. The summed E-state index contributed by atoms with van der Waals surface area (Å²) in [5, 5.41) is 8.62. The van der Waals surface area contributed by atoms with E-state index in [-0.39, 0.29) is 0 Å². The van der Waals surface area contributed by atoms with Crippen LogP contribution >= 0.6 is 0 Å². The van der Waals surface area contributed by atoms with Crippen molar-refractivity contribution in [2.75, 3.05) is 4.90 Å². The normalized spacial score (nSPS) is 11.9. The minimum atomic E-state index is -1.51. The molecular formula is C47H37NOSi. The fourth-order valence-corrected chi connectivity index (χ4v) is 8.62. The summed E-state index contributed by atoms with van der Waals surface area (Å²) in [5.74, 6) is 0. The minimum absolute atomic E-state index is 0.880. The number of anilines is 3. The van der Waals surface area contributed by atoms with Gasteiger partial charge >= 0.3 is 0 Å². The standard InChI is InChI=1S/C47H37NOSi/c1-50(2,3)38-27-24-36(25-28-38)48(37-26-29-42-41-17-8-9-21-45(41)49-46(42)31-37)44-20-11-19-43(40-18-10-15-33-13-6-7-16-39(33)40)47(44)35-23-22-32-12-4-5-14-34(32)30-35/h4-31H,1-3H3. The van der Waals surface area contributed by atoms with Crippen LogP contribution < -0.4 is 10.1 Å². The highest BCUT2D eigenvalue weighted by molar-refractivity contribution is 6.88. The van der Waals surface area contributed by atoms with E-state index in [2.05, 4.69) is 182 Å². The van der Waals surface area contributed by atoms with Gasteiger partial charge in [0.25, 0.3) is 0 Å². The number of para-hydroxylation sites is 1. The van der Waals surface area contributed by atoms with Crippen LogP contribution in [0.25, 0.3) is 65.7 Å². The average Bonchev–Trinajstić information content (AvgIpc) is 3.52. The third-order valence-corrected chi connectivity index (χ3v) is 12.1. The van der Waals surface area contributed by atoms with Gasteiger partial charge in [-0.1, -0.05) is 146 Å². The molecule has 0 saturated carbocycles. The van der Waals surface area contributed by atoms with Gasteiger partial charge in [-0.3, -0.25) is 0 Å². The molecule has 50 heavy (non-hydrogen) atoms. The maximum absolute atomic E-state index is 6.46. The van der Waals surface area contributed by atoms with Crippen molar-refractivity contribution >= 4 is 73.8 Å². The molecule has 0 spiro atoms. The number of nitrogens with zero attached hydrogens (tertiary/aromatic N) is 1. The monoisotopic (exact) mass is 659 g/mol. The predicted molar refractivity (Wildman–Crippen MR) is 217 cm³/mol. The quantitative estimate of drug-likeness (QED) is 0.165. The zero-order chi connectivity index (χ0) is 33.8. The van der Waals surface area contributed by atoms with Gasteiger partial charge in [-0.2, -0.15) is 0 Å². The molecule has 0 aliphatic rings. The zero-order valence-corrected chi connectivity index (χ0v) is 29.5. The van der Waals surface area contributed by atoms with Crippen molar-refractivity contribution in [1.82, 2.24) is 0 Å². The highest BCUT2D eigenvalue weighted by Gasteiger charge is 2.24. The van der Waals surface area contributed by atoms with Gasteiger partial charge < -0.3 is 9.32 Å². The van der Waals surface area contributed by atoms with Crippen LogP contribution in [0.3, 0.4) is 0 Å². The van der Waals surface area contributed by atoms with Gasteiger partial charge in [0.1, 0.15) is 11.2 Å². The Morgan fingerprint density at radius 2 is 1.08 bits per heavy atom. The van der Waals surface area contributed by atoms with E-state index in [1.807, 2.05) is 12.1 Å². The van der Waals surface area contributed by atoms with E-state index in [0.717, 1.165) is 39.0 Å². The van der Waals surface area contributed by atoms with E-state index in [1.54, 1.807) is 0 Å². The topological polar surface area (TPSA) is 16.4 Å². The Hall–Kier alpha value is -5.90. The molecule has 0 bridgehead atoms.